The van der Waals surface area contributed by atoms with E-state index in [-0.39, 0.29) is 12.5 Å². The fraction of sp³-hybridized carbons (Fsp3) is 0.381. The van der Waals surface area contributed by atoms with Gasteiger partial charge in [-0.25, -0.2) is 9.59 Å². The second-order valence-electron chi connectivity index (χ2n) is 8.01. The molecule has 0 bridgehead atoms. The Labute approximate surface area is 178 Å². The molecular formula is C21H22N4O6. The average Bonchev–Trinajstić information content (AvgIpc) is 3.24. The Balaban J connectivity index is 1.74. The lowest BCUT2D eigenvalue weighted by atomic mass is 9.68. The van der Waals surface area contributed by atoms with Crippen LogP contribution in [0.3, 0.4) is 0 Å². The van der Waals surface area contributed by atoms with Crippen LogP contribution in [0.25, 0.3) is 0 Å². The van der Waals surface area contributed by atoms with Crippen LogP contribution >= 0.6 is 0 Å². The number of anilines is 2. The first kappa shape index (κ1) is 20.6. The molecule has 3 aliphatic heterocycles. The number of carbonyl (C=O) groups is 5. The van der Waals surface area contributed by atoms with E-state index in [9.17, 15) is 24.0 Å². The number of nitrogens with one attached hydrogen (secondary N) is 1. The maximum absolute atomic E-state index is 13.3. The van der Waals surface area contributed by atoms with E-state index in [4.69, 9.17) is 5.11 Å². The molecule has 1 aromatic carbocycles. The van der Waals surface area contributed by atoms with Crippen LogP contribution in [-0.4, -0.2) is 71.3 Å². The number of carbonyl (C=O) groups excluding carboxylic acids is 4. The highest BCUT2D eigenvalue weighted by Crippen LogP contribution is 2.49. The van der Waals surface area contributed by atoms with Gasteiger partial charge in [0.05, 0.1) is 6.04 Å². The van der Waals surface area contributed by atoms with Crippen LogP contribution in [0, 0.1) is 5.41 Å². The standard InChI is InChI=1S/C21H22N4O6/c1-23-18(29)21(19(30)24(2)20(23)31)11-12-10-13(22-16(26)7-8-17(27)28)5-6-14(12)25-9-3-4-15(21)25/h5-8,10,15H,3-4,9,11H2,1-2H3,(H,22,26)(H,27,28)/b8-7+/t15-/m0/s1. The third kappa shape index (κ3) is 3.06. The number of fused-ring (bicyclic) bond motifs is 4. The molecule has 10 heteroatoms. The van der Waals surface area contributed by atoms with Crippen molar-refractivity contribution in [3.8, 4) is 0 Å². The molecule has 1 atom stereocenters. The number of amides is 5. The Morgan fingerprint density at radius 3 is 2.45 bits per heavy atom. The zero-order chi connectivity index (χ0) is 22.5. The van der Waals surface area contributed by atoms with E-state index in [0.717, 1.165) is 34.1 Å². The number of rotatable bonds is 3. The monoisotopic (exact) mass is 426 g/mol. The summed E-state index contributed by atoms with van der Waals surface area (Å²) in [6.45, 7) is 0.675. The molecule has 10 nitrogen and oxygen atoms in total. The molecule has 2 saturated heterocycles. The molecule has 5 amide bonds. The molecule has 1 aromatic rings. The van der Waals surface area contributed by atoms with Crippen molar-refractivity contribution in [2.24, 2.45) is 5.41 Å². The van der Waals surface area contributed by atoms with Gasteiger partial charge in [-0.05, 0) is 43.0 Å². The van der Waals surface area contributed by atoms with Crippen LogP contribution < -0.4 is 10.2 Å². The number of carboxylic acids is 1. The van der Waals surface area contributed by atoms with Gasteiger partial charge in [0.25, 0.3) is 0 Å². The minimum absolute atomic E-state index is 0.109. The normalized spacial score (nSPS) is 22.2. The predicted octanol–water partition coefficient (Wildman–Crippen LogP) is 0.828. The first-order chi connectivity index (χ1) is 14.7. The Hall–Kier alpha value is -3.69. The van der Waals surface area contributed by atoms with Crippen LogP contribution in [0.2, 0.25) is 0 Å². The Kier molecular flexibility index (Phi) is 4.79. The summed E-state index contributed by atoms with van der Waals surface area (Å²) < 4.78 is 0. The summed E-state index contributed by atoms with van der Waals surface area (Å²) in [5.74, 6) is -2.87. The molecule has 0 aromatic heterocycles. The van der Waals surface area contributed by atoms with E-state index >= 15 is 0 Å². The molecule has 31 heavy (non-hydrogen) atoms. The van der Waals surface area contributed by atoms with Gasteiger partial charge in [-0.2, -0.15) is 0 Å². The highest BCUT2D eigenvalue weighted by Gasteiger charge is 2.63. The number of hydrogen-bond acceptors (Lipinski definition) is 6. The Bertz CT molecular complexity index is 1020. The van der Waals surface area contributed by atoms with Crippen LogP contribution in [0.15, 0.2) is 30.4 Å². The maximum Gasteiger partial charge on any atom is 0.332 e. The zero-order valence-electron chi connectivity index (χ0n) is 17.1. The highest BCUT2D eigenvalue weighted by atomic mass is 16.4. The SMILES string of the molecule is CN1C(=O)N(C)C(=O)C2(Cc3cc(NC(=O)/C=C/C(=O)O)ccc3N3CCC[C@H]32)C1=O. The molecule has 4 rings (SSSR count). The summed E-state index contributed by atoms with van der Waals surface area (Å²) in [6, 6.07) is 4.21. The van der Waals surface area contributed by atoms with Crippen LogP contribution in [-0.2, 0) is 25.6 Å². The second kappa shape index (κ2) is 7.22. The summed E-state index contributed by atoms with van der Waals surface area (Å²) in [6.07, 6.45) is 3.22. The molecule has 3 heterocycles. The van der Waals surface area contributed by atoms with E-state index in [1.165, 1.54) is 14.1 Å². The van der Waals surface area contributed by atoms with Gasteiger partial charge in [0.15, 0.2) is 5.41 Å². The van der Waals surface area contributed by atoms with Crippen LogP contribution in [0.1, 0.15) is 18.4 Å². The molecule has 0 saturated carbocycles. The molecule has 2 N–H and O–H groups in total. The lowest BCUT2D eigenvalue weighted by Gasteiger charge is -2.50. The number of carboxylic acid groups (broad SMARTS) is 1. The summed E-state index contributed by atoms with van der Waals surface area (Å²) in [4.78, 5) is 65.6. The molecule has 2 fully saturated rings. The largest absolute Gasteiger partial charge is 0.478 e. The molecule has 162 valence electrons. The fourth-order valence-electron chi connectivity index (χ4n) is 4.93. The number of benzene rings is 1. The zero-order valence-corrected chi connectivity index (χ0v) is 17.1. The number of barbiturate groups is 1. The van der Waals surface area contributed by atoms with E-state index in [1.807, 2.05) is 11.0 Å². The minimum atomic E-state index is -1.41. The van der Waals surface area contributed by atoms with Crippen LogP contribution in [0.5, 0.6) is 0 Å². The van der Waals surface area contributed by atoms with Crippen LogP contribution in [0.4, 0.5) is 16.2 Å². The van der Waals surface area contributed by atoms with Crippen molar-refractivity contribution in [2.75, 3.05) is 30.9 Å². The van der Waals surface area contributed by atoms with Gasteiger partial charge in [0.1, 0.15) is 0 Å². The van der Waals surface area contributed by atoms with Crippen molar-refractivity contribution in [2.45, 2.75) is 25.3 Å². The van der Waals surface area contributed by atoms with E-state index < -0.39 is 35.1 Å². The molecule has 0 radical (unpaired) electrons. The third-order valence-corrected chi connectivity index (χ3v) is 6.27. The first-order valence-corrected chi connectivity index (χ1v) is 9.88. The van der Waals surface area contributed by atoms with Crippen molar-refractivity contribution < 1.29 is 29.1 Å². The molecular weight excluding hydrogens is 404 g/mol. The molecule has 1 spiro atoms. The average molecular weight is 426 g/mol. The predicted molar refractivity (Wildman–Crippen MR) is 109 cm³/mol. The van der Waals surface area contributed by atoms with E-state index in [1.54, 1.807) is 12.1 Å². The van der Waals surface area contributed by atoms with Crippen molar-refractivity contribution in [1.29, 1.82) is 0 Å². The van der Waals surface area contributed by atoms with Gasteiger partial charge in [-0.1, -0.05) is 0 Å². The van der Waals surface area contributed by atoms with Gasteiger partial charge in [0.2, 0.25) is 17.7 Å². The lowest BCUT2D eigenvalue weighted by molar-refractivity contribution is -0.159. The Morgan fingerprint density at radius 2 is 1.81 bits per heavy atom. The topological polar surface area (TPSA) is 127 Å². The smallest absolute Gasteiger partial charge is 0.332 e. The maximum atomic E-state index is 13.3. The number of urea groups is 1. The third-order valence-electron chi connectivity index (χ3n) is 6.27. The number of hydrogen-bond donors (Lipinski definition) is 2. The molecule has 3 aliphatic rings. The van der Waals surface area contributed by atoms with Gasteiger partial charge >= 0.3 is 12.0 Å². The van der Waals surface area contributed by atoms with Gasteiger partial charge in [-0.15, -0.1) is 0 Å². The summed E-state index contributed by atoms with van der Waals surface area (Å²) in [5.41, 5.74) is 0.596. The van der Waals surface area contributed by atoms with Crippen molar-refractivity contribution in [3.63, 3.8) is 0 Å². The second-order valence-corrected chi connectivity index (χ2v) is 8.01. The Morgan fingerprint density at radius 1 is 1.13 bits per heavy atom. The highest BCUT2D eigenvalue weighted by molar-refractivity contribution is 6.20. The van der Waals surface area contributed by atoms with E-state index in [2.05, 4.69) is 5.32 Å². The molecule has 0 unspecified atom stereocenters. The number of aliphatic carboxylic acids is 1. The van der Waals surface area contributed by atoms with Gasteiger partial charge in [-0.3, -0.25) is 24.2 Å². The van der Waals surface area contributed by atoms with Gasteiger partial charge < -0.3 is 15.3 Å². The number of nitrogens with zero attached hydrogens (tertiary/aromatic N) is 3. The van der Waals surface area contributed by atoms with Gasteiger partial charge in [0, 0.05) is 44.2 Å². The van der Waals surface area contributed by atoms with E-state index in [0.29, 0.717) is 24.2 Å². The minimum Gasteiger partial charge on any atom is -0.478 e. The number of imide groups is 2. The first-order valence-electron chi connectivity index (χ1n) is 9.88. The quantitative estimate of drug-likeness (QED) is 0.541. The lowest BCUT2D eigenvalue weighted by Crippen LogP contribution is -2.70. The molecule has 0 aliphatic carbocycles. The van der Waals surface area contributed by atoms with Crippen molar-refractivity contribution >= 4 is 41.1 Å². The van der Waals surface area contributed by atoms with Crippen molar-refractivity contribution in [3.05, 3.63) is 35.9 Å². The fourth-order valence-corrected chi connectivity index (χ4v) is 4.93. The van der Waals surface area contributed by atoms with Crippen molar-refractivity contribution in [1.82, 2.24) is 9.80 Å². The summed E-state index contributed by atoms with van der Waals surface area (Å²) >= 11 is 0. The summed E-state index contributed by atoms with van der Waals surface area (Å²) in [7, 11) is 2.77. The summed E-state index contributed by atoms with van der Waals surface area (Å²) in [5, 5.41) is 11.3.